The van der Waals surface area contributed by atoms with Gasteiger partial charge in [-0.25, -0.2) is 0 Å². The molecule has 0 radical (unpaired) electrons. The fraction of sp³-hybridized carbons (Fsp3) is 0.714. The molecule has 13 heavy (non-hydrogen) atoms. The molecule has 1 rings (SSSR count). The van der Waals surface area contributed by atoms with E-state index in [0.717, 1.165) is 0 Å². The van der Waals surface area contributed by atoms with Crippen molar-refractivity contribution in [3.8, 4) is 0 Å². The highest BCUT2D eigenvalue weighted by Gasteiger charge is 2.45. The summed E-state index contributed by atoms with van der Waals surface area (Å²) in [5.41, 5.74) is 0. The Hall–Kier alpha value is -1.07. The van der Waals surface area contributed by atoms with E-state index in [1.807, 2.05) is 0 Å². The summed E-state index contributed by atoms with van der Waals surface area (Å²) in [4.78, 5) is 21.5. The van der Waals surface area contributed by atoms with E-state index in [9.17, 15) is 22.8 Å². The first-order chi connectivity index (χ1) is 5.96. The average Bonchev–Trinajstić information content (AvgIpc) is 2.48. The van der Waals surface area contributed by atoms with Crippen LogP contribution in [0.25, 0.3) is 0 Å². The molecule has 0 bridgehead atoms. The van der Waals surface area contributed by atoms with Gasteiger partial charge in [0.15, 0.2) is 0 Å². The molecule has 1 aliphatic heterocycles. The van der Waals surface area contributed by atoms with Crippen LogP contribution in [0.2, 0.25) is 0 Å². The Labute approximate surface area is 72.5 Å². The van der Waals surface area contributed by atoms with Crippen molar-refractivity contribution >= 4 is 12.2 Å². The zero-order valence-electron chi connectivity index (χ0n) is 6.67. The lowest BCUT2D eigenvalue weighted by molar-refractivity contribution is -0.186. The van der Waals surface area contributed by atoms with Crippen LogP contribution in [-0.4, -0.2) is 35.9 Å². The van der Waals surface area contributed by atoms with Gasteiger partial charge in [0.2, 0.25) is 0 Å². The number of alkyl halides is 3. The summed E-state index contributed by atoms with van der Waals surface area (Å²) < 4.78 is 35.7. The van der Waals surface area contributed by atoms with Crippen LogP contribution in [0.4, 0.5) is 13.2 Å². The van der Waals surface area contributed by atoms with E-state index >= 15 is 0 Å². The second kappa shape index (κ2) is 3.35. The Morgan fingerprint density at radius 1 is 1.46 bits per heavy atom. The third kappa shape index (κ3) is 1.99. The molecule has 0 aromatic carbocycles. The van der Waals surface area contributed by atoms with E-state index in [1.165, 1.54) is 0 Å². The molecule has 0 aromatic heterocycles. The lowest BCUT2D eigenvalue weighted by atomic mass is 10.2. The SMILES string of the molecule is O=CC1CCCN1C(=O)C(F)(F)F. The van der Waals surface area contributed by atoms with Gasteiger partial charge >= 0.3 is 12.1 Å². The van der Waals surface area contributed by atoms with Crippen LogP contribution in [0.15, 0.2) is 0 Å². The van der Waals surface area contributed by atoms with Crippen molar-refractivity contribution in [3.63, 3.8) is 0 Å². The van der Waals surface area contributed by atoms with Crippen LogP contribution in [0.1, 0.15) is 12.8 Å². The van der Waals surface area contributed by atoms with E-state index in [-0.39, 0.29) is 6.54 Å². The molecule has 0 saturated carbocycles. The molecule has 0 aromatic rings. The van der Waals surface area contributed by atoms with Gasteiger partial charge < -0.3 is 9.69 Å². The minimum absolute atomic E-state index is 0.0156. The highest BCUT2D eigenvalue weighted by molar-refractivity contribution is 5.85. The molecule has 1 saturated heterocycles. The second-order valence-electron chi connectivity index (χ2n) is 2.84. The molecule has 74 valence electrons. The predicted octanol–water partition coefficient (Wildman–Crippen LogP) is 0.739. The van der Waals surface area contributed by atoms with E-state index in [1.54, 1.807) is 0 Å². The van der Waals surface area contributed by atoms with Gasteiger partial charge in [0.1, 0.15) is 6.29 Å². The maximum absolute atomic E-state index is 11.9. The van der Waals surface area contributed by atoms with Gasteiger partial charge in [-0.3, -0.25) is 4.79 Å². The van der Waals surface area contributed by atoms with Crippen molar-refractivity contribution in [2.75, 3.05) is 6.54 Å². The highest BCUT2D eigenvalue weighted by Crippen LogP contribution is 2.24. The normalized spacial score (nSPS) is 23.3. The van der Waals surface area contributed by atoms with E-state index < -0.39 is 18.1 Å². The molecule has 1 fully saturated rings. The van der Waals surface area contributed by atoms with Crippen molar-refractivity contribution in [2.24, 2.45) is 0 Å². The second-order valence-corrected chi connectivity index (χ2v) is 2.84. The van der Waals surface area contributed by atoms with Gasteiger partial charge in [-0.05, 0) is 12.8 Å². The Morgan fingerprint density at radius 2 is 2.08 bits per heavy atom. The Bertz CT molecular complexity index is 226. The van der Waals surface area contributed by atoms with Crippen molar-refractivity contribution in [2.45, 2.75) is 25.1 Å². The number of likely N-dealkylation sites (tertiary alicyclic amines) is 1. The molecule has 1 amide bonds. The Morgan fingerprint density at radius 3 is 2.54 bits per heavy atom. The topological polar surface area (TPSA) is 37.4 Å². The number of halogens is 3. The van der Waals surface area contributed by atoms with Gasteiger partial charge in [-0.1, -0.05) is 0 Å². The Kier molecular flexibility index (Phi) is 2.58. The number of carbonyl (C=O) groups excluding carboxylic acids is 2. The predicted molar refractivity (Wildman–Crippen MR) is 36.9 cm³/mol. The molecule has 0 spiro atoms. The number of rotatable bonds is 1. The van der Waals surface area contributed by atoms with Gasteiger partial charge in [0.25, 0.3) is 0 Å². The summed E-state index contributed by atoms with van der Waals surface area (Å²) in [6, 6.07) is -0.894. The first-order valence-corrected chi connectivity index (χ1v) is 3.80. The van der Waals surface area contributed by atoms with Crippen molar-refractivity contribution in [1.29, 1.82) is 0 Å². The molecule has 1 unspecified atom stereocenters. The van der Waals surface area contributed by atoms with Crippen molar-refractivity contribution in [1.82, 2.24) is 4.90 Å². The minimum atomic E-state index is -4.87. The van der Waals surface area contributed by atoms with Crippen LogP contribution < -0.4 is 0 Å². The molecule has 6 heteroatoms. The van der Waals surface area contributed by atoms with Crippen LogP contribution in [0.5, 0.6) is 0 Å². The summed E-state index contributed by atoms with van der Waals surface area (Å²) >= 11 is 0. The largest absolute Gasteiger partial charge is 0.471 e. The monoisotopic (exact) mass is 195 g/mol. The fourth-order valence-corrected chi connectivity index (χ4v) is 1.35. The Balaban J connectivity index is 2.71. The standard InChI is InChI=1S/C7H8F3NO2/c8-7(9,10)6(13)11-3-1-2-5(11)4-12/h4-5H,1-3H2. The number of amides is 1. The van der Waals surface area contributed by atoms with Gasteiger partial charge in [0.05, 0.1) is 6.04 Å². The minimum Gasteiger partial charge on any atom is -0.325 e. The van der Waals surface area contributed by atoms with E-state index in [0.29, 0.717) is 24.0 Å². The third-order valence-corrected chi connectivity index (χ3v) is 1.96. The summed E-state index contributed by atoms with van der Waals surface area (Å²) in [5.74, 6) is -1.91. The van der Waals surface area contributed by atoms with Crippen molar-refractivity contribution < 1.29 is 22.8 Å². The highest BCUT2D eigenvalue weighted by atomic mass is 19.4. The smallest absolute Gasteiger partial charge is 0.325 e. The lowest BCUT2D eigenvalue weighted by Gasteiger charge is -2.21. The molecular weight excluding hydrogens is 187 g/mol. The molecule has 0 aliphatic carbocycles. The van der Waals surface area contributed by atoms with Crippen LogP contribution in [0, 0.1) is 0 Å². The van der Waals surface area contributed by atoms with Crippen LogP contribution >= 0.6 is 0 Å². The zero-order valence-corrected chi connectivity index (χ0v) is 6.67. The lowest BCUT2D eigenvalue weighted by Crippen LogP contribution is -2.44. The van der Waals surface area contributed by atoms with Crippen molar-refractivity contribution in [3.05, 3.63) is 0 Å². The first-order valence-electron chi connectivity index (χ1n) is 3.80. The maximum Gasteiger partial charge on any atom is 0.471 e. The van der Waals surface area contributed by atoms with Crippen LogP contribution in [0.3, 0.4) is 0 Å². The number of hydrogen-bond donors (Lipinski definition) is 0. The zero-order chi connectivity index (χ0) is 10.1. The van der Waals surface area contributed by atoms with Gasteiger partial charge in [-0.15, -0.1) is 0 Å². The summed E-state index contributed by atoms with van der Waals surface area (Å²) in [6.07, 6.45) is -3.71. The summed E-state index contributed by atoms with van der Waals surface area (Å²) in [6.45, 7) is 0.0156. The molecule has 1 aliphatic rings. The van der Waals surface area contributed by atoms with Crippen LogP contribution in [-0.2, 0) is 9.59 Å². The summed E-state index contributed by atoms with van der Waals surface area (Å²) in [7, 11) is 0. The number of nitrogens with zero attached hydrogens (tertiary/aromatic N) is 1. The molecule has 3 nitrogen and oxygen atoms in total. The number of carbonyl (C=O) groups is 2. The molecular formula is C7H8F3NO2. The molecule has 1 heterocycles. The van der Waals surface area contributed by atoms with Gasteiger partial charge in [0, 0.05) is 6.54 Å². The molecule has 0 N–H and O–H groups in total. The first kappa shape index (κ1) is 10.0. The quantitative estimate of drug-likeness (QED) is 0.578. The van der Waals surface area contributed by atoms with E-state index in [2.05, 4.69) is 0 Å². The molecule has 1 atom stereocenters. The van der Waals surface area contributed by atoms with Gasteiger partial charge in [-0.2, -0.15) is 13.2 Å². The summed E-state index contributed by atoms with van der Waals surface area (Å²) in [5, 5.41) is 0. The maximum atomic E-state index is 11.9. The number of hydrogen-bond acceptors (Lipinski definition) is 2. The number of aldehydes is 1. The average molecular weight is 195 g/mol. The fourth-order valence-electron chi connectivity index (χ4n) is 1.35. The van der Waals surface area contributed by atoms with E-state index in [4.69, 9.17) is 0 Å². The third-order valence-electron chi connectivity index (χ3n) is 1.96.